The Labute approximate surface area is 174 Å². The molecular formula is C27H46O. The lowest BCUT2D eigenvalue weighted by molar-refractivity contribution is -0.0839. The lowest BCUT2D eigenvalue weighted by Crippen LogP contribution is -2.53. The van der Waals surface area contributed by atoms with Gasteiger partial charge in [0.05, 0.1) is 6.10 Å². The van der Waals surface area contributed by atoms with E-state index in [0.29, 0.717) is 10.8 Å². The van der Waals surface area contributed by atoms with Crippen molar-refractivity contribution >= 4 is 0 Å². The van der Waals surface area contributed by atoms with Gasteiger partial charge in [0.1, 0.15) is 0 Å². The van der Waals surface area contributed by atoms with Gasteiger partial charge in [-0.1, -0.05) is 60.0 Å². The maximum absolute atomic E-state index is 11.1. The third kappa shape index (κ3) is 3.32. The maximum atomic E-state index is 11.1. The van der Waals surface area contributed by atoms with E-state index in [4.69, 9.17) is 0 Å². The van der Waals surface area contributed by atoms with Crippen molar-refractivity contribution in [1.29, 1.82) is 0 Å². The minimum atomic E-state index is -0.156. The molecule has 0 bridgehead atoms. The van der Waals surface area contributed by atoms with Crippen molar-refractivity contribution in [3.8, 4) is 0 Å². The van der Waals surface area contributed by atoms with E-state index in [0.717, 1.165) is 41.9 Å². The van der Waals surface area contributed by atoms with Gasteiger partial charge in [0, 0.05) is 0 Å². The SMILES string of the molecule is CC(C)CCC[C@@H](C)[C@H]1CC[C@H]2[C@@H]3C[C@@H](O)C4=CCCC[C@]4(C)[C@H]3CC[C@]12C. The van der Waals surface area contributed by atoms with Crippen LogP contribution in [0.5, 0.6) is 0 Å². The molecule has 0 heterocycles. The Kier molecular flexibility index (Phi) is 5.80. The molecule has 0 aliphatic heterocycles. The molecule has 0 saturated heterocycles. The summed E-state index contributed by atoms with van der Waals surface area (Å²) in [6, 6.07) is 0. The molecular weight excluding hydrogens is 340 g/mol. The van der Waals surface area contributed by atoms with Crippen molar-refractivity contribution < 1.29 is 5.11 Å². The van der Waals surface area contributed by atoms with Crippen LogP contribution in [-0.4, -0.2) is 11.2 Å². The number of rotatable bonds is 5. The normalized spacial score (nSPS) is 46.5. The number of aliphatic hydroxyl groups excluding tert-OH is 1. The van der Waals surface area contributed by atoms with Crippen LogP contribution in [-0.2, 0) is 0 Å². The molecule has 0 spiro atoms. The second kappa shape index (κ2) is 7.75. The molecule has 1 nitrogen and oxygen atoms in total. The molecule has 0 amide bonds. The third-order valence-corrected chi connectivity index (χ3v) is 10.2. The molecule has 4 rings (SSSR count). The van der Waals surface area contributed by atoms with E-state index in [1.165, 1.54) is 69.8 Å². The first-order valence-electron chi connectivity index (χ1n) is 12.7. The van der Waals surface area contributed by atoms with Gasteiger partial charge in [-0.15, -0.1) is 0 Å². The summed E-state index contributed by atoms with van der Waals surface area (Å²) >= 11 is 0. The molecule has 0 aromatic rings. The monoisotopic (exact) mass is 386 g/mol. The lowest BCUT2D eigenvalue weighted by atomic mass is 9.46. The number of hydrogen-bond donors (Lipinski definition) is 1. The highest BCUT2D eigenvalue weighted by Crippen LogP contribution is 2.67. The van der Waals surface area contributed by atoms with Crippen molar-refractivity contribution in [3.63, 3.8) is 0 Å². The van der Waals surface area contributed by atoms with E-state index in [9.17, 15) is 5.11 Å². The fourth-order valence-corrected chi connectivity index (χ4v) is 8.84. The van der Waals surface area contributed by atoms with Crippen molar-refractivity contribution in [3.05, 3.63) is 11.6 Å². The van der Waals surface area contributed by atoms with Crippen LogP contribution >= 0.6 is 0 Å². The predicted molar refractivity (Wildman–Crippen MR) is 119 cm³/mol. The van der Waals surface area contributed by atoms with Gasteiger partial charge in [-0.05, 0) is 103 Å². The highest BCUT2D eigenvalue weighted by atomic mass is 16.3. The summed E-state index contributed by atoms with van der Waals surface area (Å²) in [5.41, 5.74) is 2.26. The van der Waals surface area contributed by atoms with Gasteiger partial charge >= 0.3 is 0 Å². The second-order valence-corrected chi connectivity index (χ2v) is 12.1. The van der Waals surface area contributed by atoms with Gasteiger partial charge in [0.2, 0.25) is 0 Å². The topological polar surface area (TPSA) is 20.2 Å². The Morgan fingerprint density at radius 2 is 1.82 bits per heavy atom. The predicted octanol–water partition coefficient (Wildman–Crippen LogP) is 7.39. The van der Waals surface area contributed by atoms with E-state index in [2.05, 4.69) is 40.7 Å². The zero-order valence-electron chi connectivity index (χ0n) is 19.3. The lowest BCUT2D eigenvalue weighted by Gasteiger charge is -2.59. The first-order chi connectivity index (χ1) is 13.3. The van der Waals surface area contributed by atoms with Crippen molar-refractivity contribution in [1.82, 2.24) is 0 Å². The summed E-state index contributed by atoms with van der Waals surface area (Å²) < 4.78 is 0. The summed E-state index contributed by atoms with van der Waals surface area (Å²) in [5, 5.41) is 11.1. The summed E-state index contributed by atoms with van der Waals surface area (Å²) in [4.78, 5) is 0. The third-order valence-electron chi connectivity index (χ3n) is 10.2. The van der Waals surface area contributed by atoms with Crippen LogP contribution in [0.1, 0.15) is 105 Å². The number of fused-ring (bicyclic) bond motifs is 5. The van der Waals surface area contributed by atoms with Gasteiger partial charge < -0.3 is 5.11 Å². The Morgan fingerprint density at radius 1 is 1.04 bits per heavy atom. The second-order valence-electron chi connectivity index (χ2n) is 12.1. The van der Waals surface area contributed by atoms with Crippen LogP contribution in [0.4, 0.5) is 0 Å². The van der Waals surface area contributed by atoms with E-state index < -0.39 is 0 Å². The molecule has 0 unspecified atom stereocenters. The highest BCUT2D eigenvalue weighted by molar-refractivity contribution is 5.27. The highest BCUT2D eigenvalue weighted by Gasteiger charge is 2.60. The molecule has 28 heavy (non-hydrogen) atoms. The molecule has 4 aliphatic carbocycles. The first kappa shape index (κ1) is 21.0. The molecule has 3 saturated carbocycles. The zero-order chi connectivity index (χ0) is 20.1. The van der Waals surface area contributed by atoms with Gasteiger partial charge in [0.15, 0.2) is 0 Å². The standard InChI is InChI=1S/C27H46O/c1-18(2)9-8-10-19(3)21-12-13-22-20-17-25(28)24-11-6-7-15-26(24,4)23(20)14-16-27(21,22)5/h11,18-23,25,28H,6-10,12-17H2,1-5H3/t19-,20+,21-,22+,23+,25-,26-,27-/m1/s1. The van der Waals surface area contributed by atoms with Gasteiger partial charge in [-0.25, -0.2) is 0 Å². The van der Waals surface area contributed by atoms with Crippen molar-refractivity contribution in [2.75, 3.05) is 0 Å². The average molecular weight is 387 g/mol. The Hall–Kier alpha value is -0.300. The largest absolute Gasteiger partial charge is 0.389 e. The van der Waals surface area contributed by atoms with Crippen LogP contribution in [0.3, 0.4) is 0 Å². The molecule has 160 valence electrons. The summed E-state index contributed by atoms with van der Waals surface area (Å²) in [5.74, 6) is 5.09. The molecule has 1 heteroatoms. The van der Waals surface area contributed by atoms with Crippen LogP contribution in [0.25, 0.3) is 0 Å². The Morgan fingerprint density at radius 3 is 2.57 bits per heavy atom. The van der Waals surface area contributed by atoms with E-state index in [1.807, 2.05) is 0 Å². The van der Waals surface area contributed by atoms with Gasteiger partial charge in [0.25, 0.3) is 0 Å². The van der Waals surface area contributed by atoms with Crippen LogP contribution in [0, 0.1) is 46.3 Å². The first-order valence-corrected chi connectivity index (χ1v) is 12.7. The molecule has 0 radical (unpaired) electrons. The van der Waals surface area contributed by atoms with E-state index in [-0.39, 0.29) is 6.10 Å². The van der Waals surface area contributed by atoms with Crippen LogP contribution < -0.4 is 0 Å². The summed E-state index contributed by atoms with van der Waals surface area (Å²) in [6.07, 6.45) is 17.1. The van der Waals surface area contributed by atoms with E-state index in [1.54, 1.807) is 0 Å². The number of aliphatic hydroxyl groups is 1. The minimum absolute atomic E-state index is 0.156. The van der Waals surface area contributed by atoms with Gasteiger partial charge in [-0.3, -0.25) is 0 Å². The molecule has 0 aromatic heterocycles. The molecule has 3 fully saturated rings. The summed E-state index contributed by atoms with van der Waals surface area (Å²) in [6.45, 7) is 12.5. The average Bonchev–Trinajstić information content (AvgIpc) is 2.99. The fourth-order valence-electron chi connectivity index (χ4n) is 8.84. The summed E-state index contributed by atoms with van der Waals surface area (Å²) in [7, 11) is 0. The van der Waals surface area contributed by atoms with Crippen molar-refractivity contribution in [2.45, 2.75) is 111 Å². The molecule has 4 aliphatic rings. The van der Waals surface area contributed by atoms with E-state index >= 15 is 0 Å². The van der Waals surface area contributed by atoms with Crippen LogP contribution in [0.15, 0.2) is 11.6 Å². The molecule has 0 aromatic carbocycles. The Bertz CT molecular complexity index is 591. The Balaban J connectivity index is 1.51. The van der Waals surface area contributed by atoms with Gasteiger partial charge in [-0.2, -0.15) is 0 Å². The number of allylic oxidation sites excluding steroid dienone is 1. The molecule has 8 atom stereocenters. The number of hydrogen-bond acceptors (Lipinski definition) is 1. The maximum Gasteiger partial charge on any atom is 0.0758 e. The van der Waals surface area contributed by atoms with Crippen LogP contribution in [0.2, 0.25) is 0 Å². The smallest absolute Gasteiger partial charge is 0.0758 e. The fraction of sp³-hybridized carbons (Fsp3) is 0.926. The molecule has 1 N–H and O–H groups in total. The minimum Gasteiger partial charge on any atom is -0.389 e. The van der Waals surface area contributed by atoms with Crippen molar-refractivity contribution in [2.24, 2.45) is 46.3 Å². The quantitative estimate of drug-likeness (QED) is 0.488. The zero-order valence-corrected chi connectivity index (χ0v) is 19.3.